The fraction of sp³-hybridized carbons (Fsp3) is 0.389. The van der Waals surface area contributed by atoms with Crippen molar-refractivity contribution in [1.82, 2.24) is 4.90 Å². The fourth-order valence-electron chi connectivity index (χ4n) is 3.32. The number of hydrogen-bond acceptors (Lipinski definition) is 4. The summed E-state index contributed by atoms with van der Waals surface area (Å²) in [6.07, 6.45) is 2.22. The first kappa shape index (κ1) is 16.7. The molecule has 1 saturated heterocycles. The molecule has 6 heteroatoms. The molecule has 0 saturated carbocycles. The van der Waals surface area contributed by atoms with Gasteiger partial charge in [-0.2, -0.15) is 0 Å². The van der Waals surface area contributed by atoms with E-state index in [1.54, 1.807) is 19.1 Å². The Morgan fingerprint density at radius 2 is 2.00 bits per heavy atom. The van der Waals surface area contributed by atoms with Crippen LogP contribution in [0.2, 0.25) is 5.02 Å². The molecule has 1 amide bonds. The van der Waals surface area contributed by atoms with E-state index in [1.807, 2.05) is 12.1 Å². The lowest BCUT2D eigenvalue weighted by Gasteiger charge is -2.30. The van der Waals surface area contributed by atoms with Gasteiger partial charge in [0.15, 0.2) is 5.78 Å². The molecule has 0 spiro atoms. The van der Waals surface area contributed by atoms with E-state index in [0.717, 1.165) is 5.56 Å². The second-order valence-corrected chi connectivity index (χ2v) is 6.40. The second-order valence-electron chi connectivity index (χ2n) is 5.97. The van der Waals surface area contributed by atoms with Crippen LogP contribution in [0.15, 0.2) is 35.9 Å². The Labute approximate surface area is 145 Å². The second kappa shape index (κ2) is 6.77. The number of fused-ring (bicyclic) bond motifs is 1. The maximum Gasteiger partial charge on any atom is 0.311 e. The molecule has 3 rings (SSSR count). The van der Waals surface area contributed by atoms with Crippen molar-refractivity contribution in [3.05, 3.63) is 46.5 Å². The predicted octanol–water partition coefficient (Wildman–Crippen LogP) is 2.17. The average molecular weight is 348 g/mol. The summed E-state index contributed by atoms with van der Waals surface area (Å²) in [5, 5.41) is 0.621. The van der Waals surface area contributed by atoms with Gasteiger partial charge in [0.25, 0.3) is 5.91 Å². The van der Waals surface area contributed by atoms with Crippen molar-refractivity contribution < 1.29 is 19.1 Å². The molecule has 2 unspecified atom stereocenters. The van der Waals surface area contributed by atoms with Crippen molar-refractivity contribution in [2.75, 3.05) is 13.2 Å². The van der Waals surface area contributed by atoms with Crippen LogP contribution in [0.25, 0.3) is 0 Å². The van der Waals surface area contributed by atoms with E-state index in [0.29, 0.717) is 30.0 Å². The standard InChI is InChI=1S/C18H18ClNO4/c1-2-24-18(23)14-7-8-20-16(14)15(21)10-12(17(20)22)9-11-3-5-13(19)6-4-11/h3-6,10,14,16H,2,7-9H2,1H3. The number of ether oxygens (including phenoxy) is 1. The molecule has 1 aromatic carbocycles. The summed E-state index contributed by atoms with van der Waals surface area (Å²) >= 11 is 5.86. The Bertz CT molecular complexity index is 710. The highest BCUT2D eigenvalue weighted by molar-refractivity contribution is 6.30. The highest BCUT2D eigenvalue weighted by Gasteiger charge is 2.48. The molecule has 1 aromatic rings. The van der Waals surface area contributed by atoms with Crippen LogP contribution in [0.1, 0.15) is 18.9 Å². The van der Waals surface area contributed by atoms with Gasteiger partial charge in [0.1, 0.15) is 6.04 Å². The van der Waals surface area contributed by atoms with Gasteiger partial charge in [-0.25, -0.2) is 0 Å². The first-order chi connectivity index (χ1) is 11.5. The lowest BCUT2D eigenvalue weighted by atomic mass is 9.91. The van der Waals surface area contributed by atoms with Crippen LogP contribution in [-0.2, 0) is 25.5 Å². The van der Waals surface area contributed by atoms with Gasteiger partial charge in [-0.15, -0.1) is 0 Å². The van der Waals surface area contributed by atoms with Crippen LogP contribution >= 0.6 is 11.6 Å². The van der Waals surface area contributed by atoms with Crippen LogP contribution in [0.5, 0.6) is 0 Å². The minimum Gasteiger partial charge on any atom is -0.466 e. The molecule has 0 aliphatic carbocycles. The topological polar surface area (TPSA) is 63.7 Å². The van der Waals surface area contributed by atoms with Crippen LogP contribution in [0.4, 0.5) is 0 Å². The molecule has 0 bridgehead atoms. The summed E-state index contributed by atoms with van der Waals surface area (Å²) in [5.74, 6) is -1.34. The zero-order chi connectivity index (χ0) is 17.3. The highest BCUT2D eigenvalue weighted by atomic mass is 35.5. The molecule has 0 radical (unpaired) electrons. The Kier molecular flexibility index (Phi) is 4.71. The number of amides is 1. The Hall–Kier alpha value is -2.14. The minimum absolute atomic E-state index is 0.179. The van der Waals surface area contributed by atoms with E-state index in [9.17, 15) is 14.4 Å². The van der Waals surface area contributed by atoms with E-state index in [2.05, 4.69) is 0 Å². The maximum atomic E-state index is 12.7. The molecule has 2 aliphatic heterocycles. The number of ketones is 1. The Balaban J connectivity index is 1.81. The Morgan fingerprint density at radius 3 is 2.67 bits per heavy atom. The molecule has 5 nitrogen and oxygen atoms in total. The van der Waals surface area contributed by atoms with Crippen LogP contribution in [0, 0.1) is 5.92 Å². The van der Waals surface area contributed by atoms with Gasteiger partial charge in [0.2, 0.25) is 0 Å². The lowest BCUT2D eigenvalue weighted by Crippen LogP contribution is -2.48. The van der Waals surface area contributed by atoms with Crippen molar-refractivity contribution >= 4 is 29.3 Å². The number of carbonyl (C=O) groups is 3. The molecule has 2 aliphatic rings. The Morgan fingerprint density at radius 1 is 1.29 bits per heavy atom. The van der Waals surface area contributed by atoms with Gasteiger partial charge in [-0.05, 0) is 37.1 Å². The van der Waals surface area contributed by atoms with Gasteiger partial charge >= 0.3 is 5.97 Å². The largest absolute Gasteiger partial charge is 0.466 e. The van der Waals surface area contributed by atoms with Crippen molar-refractivity contribution in [2.45, 2.75) is 25.8 Å². The number of benzene rings is 1. The third kappa shape index (κ3) is 3.08. The summed E-state index contributed by atoms with van der Waals surface area (Å²) in [4.78, 5) is 38.7. The predicted molar refractivity (Wildman–Crippen MR) is 88.5 cm³/mol. The van der Waals surface area contributed by atoms with Gasteiger partial charge in [-0.3, -0.25) is 14.4 Å². The molecular weight excluding hydrogens is 330 g/mol. The number of carbonyl (C=O) groups excluding carboxylic acids is 3. The number of nitrogens with zero attached hydrogens (tertiary/aromatic N) is 1. The molecule has 0 N–H and O–H groups in total. The van der Waals surface area contributed by atoms with Gasteiger partial charge in [-0.1, -0.05) is 23.7 Å². The number of halogens is 1. The van der Waals surface area contributed by atoms with Crippen LogP contribution in [-0.4, -0.2) is 41.8 Å². The molecular formula is C18H18ClNO4. The third-order valence-electron chi connectivity index (χ3n) is 4.44. The van der Waals surface area contributed by atoms with E-state index >= 15 is 0 Å². The zero-order valence-electron chi connectivity index (χ0n) is 13.3. The molecule has 2 atom stereocenters. The van der Waals surface area contributed by atoms with E-state index in [4.69, 9.17) is 16.3 Å². The molecule has 0 aromatic heterocycles. The minimum atomic E-state index is -0.717. The van der Waals surface area contributed by atoms with E-state index < -0.39 is 17.9 Å². The van der Waals surface area contributed by atoms with Gasteiger partial charge < -0.3 is 9.64 Å². The summed E-state index contributed by atoms with van der Waals surface area (Å²) < 4.78 is 5.03. The maximum absolute atomic E-state index is 12.7. The molecule has 1 fully saturated rings. The number of esters is 1. The molecule has 126 valence electrons. The number of hydrogen-bond donors (Lipinski definition) is 0. The molecule has 2 heterocycles. The normalized spacial score (nSPS) is 23.1. The lowest BCUT2D eigenvalue weighted by molar-refractivity contribution is -0.151. The first-order valence-corrected chi connectivity index (χ1v) is 8.35. The molecule has 24 heavy (non-hydrogen) atoms. The van der Waals surface area contributed by atoms with Crippen molar-refractivity contribution in [3.8, 4) is 0 Å². The summed E-state index contributed by atoms with van der Waals surface area (Å²) in [6.45, 7) is 2.39. The van der Waals surface area contributed by atoms with Crippen LogP contribution < -0.4 is 0 Å². The van der Waals surface area contributed by atoms with Crippen molar-refractivity contribution in [3.63, 3.8) is 0 Å². The average Bonchev–Trinajstić information content (AvgIpc) is 3.00. The van der Waals surface area contributed by atoms with E-state index in [1.165, 1.54) is 11.0 Å². The summed E-state index contributed by atoms with van der Waals surface area (Å²) in [5.41, 5.74) is 1.36. The van der Waals surface area contributed by atoms with Crippen LogP contribution in [0.3, 0.4) is 0 Å². The third-order valence-corrected chi connectivity index (χ3v) is 4.69. The quantitative estimate of drug-likeness (QED) is 0.783. The zero-order valence-corrected chi connectivity index (χ0v) is 14.1. The summed E-state index contributed by atoms with van der Waals surface area (Å²) in [6, 6.07) is 6.45. The van der Waals surface area contributed by atoms with E-state index in [-0.39, 0.29) is 18.3 Å². The summed E-state index contributed by atoms with van der Waals surface area (Å²) in [7, 11) is 0. The number of rotatable bonds is 4. The monoisotopic (exact) mass is 347 g/mol. The first-order valence-electron chi connectivity index (χ1n) is 7.97. The smallest absolute Gasteiger partial charge is 0.311 e. The highest BCUT2D eigenvalue weighted by Crippen LogP contribution is 2.32. The van der Waals surface area contributed by atoms with Crippen molar-refractivity contribution in [1.29, 1.82) is 0 Å². The van der Waals surface area contributed by atoms with Gasteiger partial charge in [0, 0.05) is 23.6 Å². The van der Waals surface area contributed by atoms with Gasteiger partial charge in [0.05, 0.1) is 12.5 Å². The fourth-order valence-corrected chi connectivity index (χ4v) is 3.45. The SMILES string of the molecule is CCOC(=O)C1CCN2C(=O)C(Cc3ccc(Cl)cc3)=CC(=O)C12. The van der Waals surface area contributed by atoms with Crippen molar-refractivity contribution in [2.24, 2.45) is 5.92 Å².